The number of anilines is 1. The van der Waals surface area contributed by atoms with Crippen LogP contribution in [0.2, 0.25) is 0 Å². The minimum atomic E-state index is -0.123. The highest BCUT2D eigenvalue weighted by Crippen LogP contribution is 2.35. The Labute approximate surface area is 146 Å². The molecular weight excluding hydrogens is 346 g/mol. The molecule has 3 rings (SSSR count). The van der Waals surface area contributed by atoms with E-state index in [-0.39, 0.29) is 10.8 Å². The molecule has 0 bridgehead atoms. The van der Waals surface area contributed by atoms with Gasteiger partial charge in [0.25, 0.3) is 5.56 Å². The van der Waals surface area contributed by atoms with Crippen molar-refractivity contribution in [2.24, 2.45) is 0 Å². The van der Waals surface area contributed by atoms with Crippen LogP contribution in [0.15, 0.2) is 33.4 Å². The van der Waals surface area contributed by atoms with Crippen molar-refractivity contribution in [3.63, 3.8) is 0 Å². The number of fused-ring (bicyclic) bond motifs is 1. The first kappa shape index (κ1) is 16.9. The highest BCUT2D eigenvalue weighted by atomic mass is 32.2. The van der Waals surface area contributed by atoms with Gasteiger partial charge in [0.15, 0.2) is 4.34 Å². The molecule has 2 aromatic heterocycles. The van der Waals surface area contributed by atoms with Crippen LogP contribution in [0, 0.1) is 0 Å². The summed E-state index contributed by atoms with van der Waals surface area (Å²) in [7, 11) is 1.65. The summed E-state index contributed by atoms with van der Waals surface area (Å²) in [4.78, 5) is 19.6. The average Bonchev–Trinajstić information content (AvgIpc) is 3.02. The van der Waals surface area contributed by atoms with Crippen molar-refractivity contribution >= 4 is 39.1 Å². The topological polar surface area (TPSA) is 92.8 Å². The van der Waals surface area contributed by atoms with Crippen LogP contribution in [0.4, 0.5) is 5.13 Å². The molecule has 3 aromatic rings. The van der Waals surface area contributed by atoms with Gasteiger partial charge in [0.1, 0.15) is 5.82 Å². The second-order valence-electron chi connectivity index (χ2n) is 5.02. The van der Waals surface area contributed by atoms with Crippen molar-refractivity contribution in [1.29, 1.82) is 0 Å². The number of methoxy groups -OCH3 is 1. The van der Waals surface area contributed by atoms with Crippen molar-refractivity contribution in [2.45, 2.75) is 16.5 Å². The molecule has 0 spiro atoms. The molecule has 1 aromatic carbocycles. The molecule has 0 fully saturated rings. The van der Waals surface area contributed by atoms with Gasteiger partial charge in [0.05, 0.1) is 22.8 Å². The fourth-order valence-corrected chi connectivity index (χ4v) is 4.07. The molecule has 0 radical (unpaired) electrons. The Hall–Kier alpha value is -1.97. The molecule has 1 unspecified atom stereocenters. The SMILES string of the molecule is COCCNc1nnc(SC(C)c2nc3ccccc3c(=O)[nH]2)s1. The standard InChI is InChI=1S/C15H17N5O2S2/c1-9(23-15-20-19-14(24-15)16-7-8-22-2)12-17-11-6-4-3-5-10(11)13(21)18-12/h3-6,9H,7-8H2,1-2H3,(H,16,19)(H,17,18,21). The summed E-state index contributed by atoms with van der Waals surface area (Å²) in [5, 5.41) is 12.7. The summed E-state index contributed by atoms with van der Waals surface area (Å²) in [6.45, 7) is 3.28. The highest BCUT2D eigenvalue weighted by molar-refractivity contribution is 8.01. The number of hydrogen-bond donors (Lipinski definition) is 2. The largest absolute Gasteiger partial charge is 0.383 e. The lowest BCUT2D eigenvalue weighted by molar-refractivity contribution is 0.211. The van der Waals surface area contributed by atoms with Crippen LogP contribution < -0.4 is 10.9 Å². The second kappa shape index (κ2) is 7.73. The molecule has 9 heteroatoms. The average molecular weight is 363 g/mol. The summed E-state index contributed by atoms with van der Waals surface area (Å²) < 4.78 is 5.80. The molecule has 24 heavy (non-hydrogen) atoms. The normalized spacial score (nSPS) is 12.4. The molecule has 0 aliphatic rings. The van der Waals surface area contributed by atoms with Crippen molar-refractivity contribution in [1.82, 2.24) is 20.2 Å². The Balaban J connectivity index is 1.73. The lowest BCUT2D eigenvalue weighted by atomic mass is 10.2. The van der Waals surface area contributed by atoms with E-state index in [1.54, 1.807) is 13.2 Å². The van der Waals surface area contributed by atoms with Crippen LogP contribution in [0.3, 0.4) is 0 Å². The molecule has 2 heterocycles. The maximum atomic E-state index is 12.2. The molecule has 0 amide bonds. The number of nitrogens with one attached hydrogen (secondary N) is 2. The van der Waals surface area contributed by atoms with Crippen LogP contribution in [-0.2, 0) is 4.74 Å². The molecule has 2 N–H and O–H groups in total. The lowest BCUT2D eigenvalue weighted by Crippen LogP contribution is -2.12. The Kier molecular flexibility index (Phi) is 5.44. The third-order valence-corrected chi connectivity index (χ3v) is 5.36. The minimum Gasteiger partial charge on any atom is -0.383 e. The molecule has 0 saturated heterocycles. The number of nitrogens with zero attached hydrogens (tertiary/aromatic N) is 3. The number of para-hydroxylation sites is 1. The fraction of sp³-hybridized carbons (Fsp3) is 0.333. The van der Waals surface area contributed by atoms with E-state index in [4.69, 9.17) is 4.74 Å². The Bertz CT molecular complexity index is 879. The smallest absolute Gasteiger partial charge is 0.258 e. The number of H-pyrrole nitrogens is 1. The van der Waals surface area contributed by atoms with E-state index in [0.717, 1.165) is 9.47 Å². The summed E-state index contributed by atoms with van der Waals surface area (Å²) in [5.74, 6) is 0.632. The second-order valence-corrected chi connectivity index (χ2v) is 7.59. The predicted octanol–water partition coefficient (Wildman–Crippen LogP) is 2.69. The summed E-state index contributed by atoms with van der Waals surface area (Å²) >= 11 is 2.98. The number of thioether (sulfide) groups is 1. The van der Waals surface area contributed by atoms with Gasteiger partial charge < -0.3 is 15.0 Å². The first-order valence-electron chi connectivity index (χ1n) is 7.39. The van der Waals surface area contributed by atoms with Crippen molar-refractivity contribution in [3.05, 3.63) is 40.4 Å². The zero-order valence-electron chi connectivity index (χ0n) is 13.3. The fourth-order valence-electron chi connectivity index (χ4n) is 2.09. The molecule has 0 aliphatic heterocycles. The number of benzene rings is 1. The van der Waals surface area contributed by atoms with E-state index in [2.05, 4.69) is 25.5 Å². The summed E-state index contributed by atoms with van der Waals surface area (Å²) in [6.07, 6.45) is 0. The van der Waals surface area contributed by atoms with Gasteiger partial charge in [-0.05, 0) is 19.1 Å². The number of rotatable bonds is 7. The number of aromatic amines is 1. The van der Waals surface area contributed by atoms with Crippen LogP contribution in [0.5, 0.6) is 0 Å². The molecular formula is C15H17N5O2S2. The first-order valence-corrected chi connectivity index (χ1v) is 9.09. The van der Waals surface area contributed by atoms with Gasteiger partial charge >= 0.3 is 0 Å². The van der Waals surface area contributed by atoms with E-state index in [1.165, 1.54) is 23.1 Å². The lowest BCUT2D eigenvalue weighted by Gasteiger charge is -2.08. The monoisotopic (exact) mass is 363 g/mol. The van der Waals surface area contributed by atoms with E-state index < -0.39 is 0 Å². The summed E-state index contributed by atoms with van der Waals surface area (Å²) in [6, 6.07) is 7.31. The molecule has 1 atom stereocenters. The van der Waals surface area contributed by atoms with E-state index in [1.807, 2.05) is 25.1 Å². The van der Waals surface area contributed by atoms with Crippen LogP contribution in [0.1, 0.15) is 18.0 Å². The molecule has 0 aliphatic carbocycles. The molecule has 126 valence electrons. The maximum Gasteiger partial charge on any atom is 0.258 e. The molecule has 0 saturated carbocycles. The van der Waals surface area contributed by atoms with E-state index in [0.29, 0.717) is 29.9 Å². The van der Waals surface area contributed by atoms with Crippen LogP contribution in [-0.4, -0.2) is 40.4 Å². The van der Waals surface area contributed by atoms with Gasteiger partial charge in [-0.1, -0.05) is 35.2 Å². The predicted molar refractivity (Wildman–Crippen MR) is 96.9 cm³/mol. The van der Waals surface area contributed by atoms with Gasteiger partial charge in [-0.2, -0.15) is 0 Å². The number of ether oxygens (including phenoxy) is 1. The van der Waals surface area contributed by atoms with Gasteiger partial charge in [0, 0.05) is 13.7 Å². The Morgan fingerprint density at radius 3 is 3.04 bits per heavy atom. The first-order chi connectivity index (χ1) is 11.7. The van der Waals surface area contributed by atoms with Crippen LogP contribution in [0.25, 0.3) is 10.9 Å². The zero-order chi connectivity index (χ0) is 16.9. The van der Waals surface area contributed by atoms with Gasteiger partial charge in [0.2, 0.25) is 5.13 Å². The Morgan fingerprint density at radius 1 is 1.38 bits per heavy atom. The maximum absolute atomic E-state index is 12.2. The van der Waals surface area contributed by atoms with Gasteiger partial charge in [-0.15, -0.1) is 10.2 Å². The van der Waals surface area contributed by atoms with Crippen molar-refractivity contribution < 1.29 is 4.74 Å². The van der Waals surface area contributed by atoms with Crippen LogP contribution >= 0.6 is 23.1 Å². The third kappa shape index (κ3) is 3.92. The number of aromatic nitrogens is 4. The van der Waals surface area contributed by atoms with E-state index in [9.17, 15) is 4.79 Å². The Morgan fingerprint density at radius 2 is 2.21 bits per heavy atom. The number of hydrogen-bond acceptors (Lipinski definition) is 8. The highest BCUT2D eigenvalue weighted by Gasteiger charge is 2.15. The van der Waals surface area contributed by atoms with E-state index >= 15 is 0 Å². The third-order valence-electron chi connectivity index (χ3n) is 3.28. The zero-order valence-corrected chi connectivity index (χ0v) is 14.9. The van der Waals surface area contributed by atoms with Crippen molar-refractivity contribution in [3.8, 4) is 0 Å². The summed E-state index contributed by atoms with van der Waals surface area (Å²) in [5.41, 5.74) is 0.574. The van der Waals surface area contributed by atoms with Gasteiger partial charge in [-0.3, -0.25) is 4.79 Å². The minimum absolute atomic E-state index is 0.0397. The van der Waals surface area contributed by atoms with Gasteiger partial charge in [-0.25, -0.2) is 4.98 Å². The molecule has 7 nitrogen and oxygen atoms in total. The quantitative estimate of drug-likeness (QED) is 0.492. The van der Waals surface area contributed by atoms with Crippen molar-refractivity contribution in [2.75, 3.05) is 25.6 Å².